The molecule has 0 bridgehead atoms. The summed E-state index contributed by atoms with van der Waals surface area (Å²) in [5, 5.41) is 3.73. The zero-order chi connectivity index (χ0) is 14.4. The highest BCUT2D eigenvalue weighted by Crippen LogP contribution is 2.22. The molecule has 1 rings (SSSR count). The summed E-state index contributed by atoms with van der Waals surface area (Å²) in [4.78, 5) is 12.2. The molecule has 0 aliphatic heterocycles. The standard InChI is InChI=1S/C16H22ClNO/c1-5-11(3)18-16(19)15(6-2)12(4)13-7-9-14(17)10-8-13/h7-11H,5-6H2,1-4H3,(H,18,19). The van der Waals surface area contributed by atoms with E-state index in [1.165, 1.54) is 0 Å². The molecule has 0 heterocycles. The van der Waals surface area contributed by atoms with Gasteiger partial charge >= 0.3 is 0 Å². The van der Waals surface area contributed by atoms with Crippen LogP contribution in [0.4, 0.5) is 0 Å². The van der Waals surface area contributed by atoms with Gasteiger partial charge in [0.25, 0.3) is 0 Å². The van der Waals surface area contributed by atoms with Crippen molar-refractivity contribution in [1.82, 2.24) is 5.32 Å². The lowest BCUT2D eigenvalue weighted by atomic mass is 9.99. The lowest BCUT2D eigenvalue weighted by Gasteiger charge is -2.15. The molecule has 0 aliphatic carbocycles. The first-order chi connectivity index (χ1) is 8.99. The number of allylic oxidation sites excluding steroid dienone is 1. The fourth-order valence-corrected chi connectivity index (χ4v) is 2.01. The van der Waals surface area contributed by atoms with E-state index in [9.17, 15) is 4.79 Å². The van der Waals surface area contributed by atoms with Gasteiger partial charge in [-0.1, -0.05) is 37.6 Å². The van der Waals surface area contributed by atoms with Gasteiger partial charge < -0.3 is 5.32 Å². The average molecular weight is 280 g/mol. The van der Waals surface area contributed by atoms with Gasteiger partial charge in [0.15, 0.2) is 0 Å². The Morgan fingerprint density at radius 2 is 1.84 bits per heavy atom. The van der Waals surface area contributed by atoms with Gasteiger partial charge in [-0.05, 0) is 50.0 Å². The topological polar surface area (TPSA) is 29.1 Å². The predicted molar refractivity (Wildman–Crippen MR) is 82.2 cm³/mol. The van der Waals surface area contributed by atoms with Crippen molar-refractivity contribution in [3.05, 3.63) is 40.4 Å². The number of benzene rings is 1. The third-order valence-electron chi connectivity index (χ3n) is 3.35. The van der Waals surface area contributed by atoms with E-state index in [0.29, 0.717) is 5.02 Å². The maximum absolute atomic E-state index is 12.2. The van der Waals surface area contributed by atoms with Gasteiger partial charge in [-0.15, -0.1) is 0 Å². The summed E-state index contributed by atoms with van der Waals surface area (Å²) in [6, 6.07) is 7.79. The summed E-state index contributed by atoms with van der Waals surface area (Å²) in [6.45, 7) is 8.07. The Morgan fingerprint density at radius 3 is 2.32 bits per heavy atom. The minimum Gasteiger partial charge on any atom is -0.350 e. The van der Waals surface area contributed by atoms with Crippen LogP contribution in [-0.2, 0) is 4.79 Å². The fraction of sp³-hybridized carbons (Fsp3) is 0.438. The van der Waals surface area contributed by atoms with Crippen molar-refractivity contribution in [2.24, 2.45) is 0 Å². The van der Waals surface area contributed by atoms with E-state index < -0.39 is 0 Å². The van der Waals surface area contributed by atoms with Gasteiger partial charge in [0.05, 0.1) is 0 Å². The molecule has 2 nitrogen and oxygen atoms in total. The normalized spacial score (nSPS) is 13.7. The minimum absolute atomic E-state index is 0.0318. The molecule has 19 heavy (non-hydrogen) atoms. The van der Waals surface area contributed by atoms with Gasteiger partial charge in [-0.3, -0.25) is 4.79 Å². The molecule has 0 fully saturated rings. The summed E-state index contributed by atoms with van der Waals surface area (Å²) in [6.07, 6.45) is 1.65. The summed E-state index contributed by atoms with van der Waals surface area (Å²) in [7, 11) is 0. The van der Waals surface area contributed by atoms with Gasteiger partial charge in [0.1, 0.15) is 0 Å². The van der Waals surface area contributed by atoms with Crippen molar-refractivity contribution >= 4 is 23.1 Å². The first-order valence-electron chi connectivity index (χ1n) is 6.76. The van der Waals surface area contributed by atoms with Crippen molar-refractivity contribution in [1.29, 1.82) is 0 Å². The Bertz CT molecular complexity index is 462. The number of hydrogen-bond donors (Lipinski definition) is 1. The van der Waals surface area contributed by atoms with E-state index in [4.69, 9.17) is 11.6 Å². The molecule has 0 saturated carbocycles. The van der Waals surface area contributed by atoms with Crippen LogP contribution in [0.2, 0.25) is 5.02 Å². The second kappa shape index (κ2) is 7.34. The Hall–Kier alpha value is -1.28. The molecule has 1 N–H and O–H groups in total. The first-order valence-corrected chi connectivity index (χ1v) is 7.13. The highest BCUT2D eigenvalue weighted by molar-refractivity contribution is 6.30. The molecule has 3 heteroatoms. The third-order valence-corrected chi connectivity index (χ3v) is 3.60. The molecule has 0 spiro atoms. The average Bonchev–Trinajstić information content (AvgIpc) is 2.40. The van der Waals surface area contributed by atoms with Crippen LogP contribution < -0.4 is 5.32 Å². The second-order valence-corrected chi connectivity index (χ2v) is 5.18. The smallest absolute Gasteiger partial charge is 0.247 e. The lowest BCUT2D eigenvalue weighted by Crippen LogP contribution is -2.33. The van der Waals surface area contributed by atoms with Crippen LogP contribution in [0.1, 0.15) is 46.1 Å². The molecule has 0 radical (unpaired) electrons. The number of rotatable bonds is 5. The van der Waals surface area contributed by atoms with Crippen molar-refractivity contribution in [3.8, 4) is 0 Å². The Labute approximate surface area is 120 Å². The first kappa shape index (κ1) is 15.8. The van der Waals surface area contributed by atoms with Gasteiger partial charge in [0, 0.05) is 16.6 Å². The summed E-state index contributed by atoms with van der Waals surface area (Å²) in [5.41, 5.74) is 2.89. The third kappa shape index (κ3) is 4.39. The number of halogens is 1. The van der Waals surface area contributed by atoms with Crippen molar-refractivity contribution in [3.63, 3.8) is 0 Å². The number of nitrogens with one attached hydrogen (secondary N) is 1. The highest BCUT2D eigenvalue weighted by atomic mass is 35.5. The zero-order valence-corrected chi connectivity index (χ0v) is 12.8. The molecule has 104 valence electrons. The molecule has 1 aromatic carbocycles. The zero-order valence-electron chi connectivity index (χ0n) is 12.1. The van der Waals surface area contributed by atoms with Crippen molar-refractivity contribution in [2.75, 3.05) is 0 Å². The van der Waals surface area contributed by atoms with Crippen LogP contribution in [0.25, 0.3) is 5.57 Å². The van der Waals surface area contributed by atoms with E-state index >= 15 is 0 Å². The van der Waals surface area contributed by atoms with Crippen molar-refractivity contribution in [2.45, 2.75) is 46.6 Å². The number of carbonyl (C=O) groups is 1. The molecule has 0 saturated heterocycles. The van der Waals surface area contributed by atoms with Crippen LogP contribution in [0, 0.1) is 0 Å². The quantitative estimate of drug-likeness (QED) is 0.793. The van der Waals surface area contributed by atoms with Crippen LogP contribution >= 0.6 is 11.6 Å². The summed E-state index contributed by atoms with van der Waals surface area (Å²) >= 11 is 5.88. The largest absolute Gasteiger partial charge is 0.350 e. The minimum atomic E-state index is 0.0318. The van der Waals surface area contributed by atoms with Crippen LogP contribution in [0.3, 0.4) is 0 Å². The molecule has 0 aliphatic rings. The van der Waals surface area contributed by atoms with Gasteiger partial charge in [-0.2, -0.15) is 0 Å². The van der Waals surface area contributed by atoms with E-state index in [1.807, 2.05) is 45.0 Å². The summed E-state index contributed by atoms with van der Waals surface area (Å²) in [5.74, 6) is 0.0318. The van der Waals surface area contributed by atoms with E-state index in [-0.39, 0.29) is 11.9 Å². The molecule has 1 amide bonds. The van der Waals surface area contributed by atoms with E-state index in [2.05, 4.69) is 12.2 Å². The highest BCUT2D eigenvalue weighted by Gasteiger charge is 2.13. The Kier molecular flexibility index (Phi) is 6.10. The van der Waals surface area contributed by atoms with E-state index in [0.717, 1.165) is 29.6 Å². The summed E-state index contributed by atoms with van der Waals surface area (Å²) < 4.78 is 0. The maximum atomic E-state index is 12.2. The number of hydrogen-bond acceptors (Lipinski definition) is 1. The van der Waals surface area contributed by atoms with Gasteiger partial charge in [-0.25, -0.2) is 0 Å². The fourth-order valence-electron chi connectivity index (χ4n) is 1.88. The Balaban J connectivity index is 3.01. The second-order valence-electron chi connectivity index (χ2n) is 4.75. The number of carbonyl (C=O) groups excluding carboxylic acids is 1. The monoisotopic (exact) mass is 279 g/mol. The molecule has 1 unspecified atom stereocenters. The van der Waals surface area contributed by atoms with Crippen molar-refractivity contribution < 1.29 is 4.79 Å². The molecule has 1 atom stereocenters. The molecular weight excluding hydrogens is 258 g/mol. The Morgan fingerprint density at radius 1 is 1.26 bits per heavy atom. The SMILES string of the molecule is CCC(C(=O)NC(C)CC)=C(C)c1ccc(Cl)cc1. The number of amides is 1. The van der Waals surface area contributed by atoms with E-state index in [1.54, 1.807) is 0 Å². The van der Waals surface area contributed by atoms with Crippen LogP contribution in [0.15, 0.2) is 29.8 Å². The predicted octanol–water partition coefficient (Wildman–Crippen LogP) is 4.44. The van der Waals surface area contributed by atoms with Gasteiger partial charge in [0.2, 0.25) is 5.91 Å². The van der Waals surface area contributed by atoms with Crippen LogP contribution in [-0.4, -0.2) is 11.9 Å². The molecule has 0 aromatic heterocycles. The lowest BCUT2D eigenvalue weighted by molar-refractivity contribution is -0.118. The maximum Gasteiger partial charge on any atom is 0.247 e. The molecular formula is C16H22ClNO. The van der Waals surface area contributed by atoms with Crippen LogP contribution in [0.5, 0.6) is 0 Å². The molecule has 1 aromatic rings.